The van der Waals surface area contributed by atoms with Crippen molar-refractivity contribution in [3.8, 4) is 11.5 Å². The summed E-state index contributed by atoms with van der Waals surface area (Å²) in [5.41, 5.74) is 1.20. The Bertz CT molecular complexity index is 931. The molecule has 1 heterocycles. The van der Waals surface area contributed by atoms with Crippen molar-refractivity contribution in [2.75, 3.05) is 29.2 Å². The number of carbonyl (C=O) groups excluding carboxylic acids is 1. The Morgan fingerprint density at radius 2 is 1.85 bits per heavy atom. The van der Waals surface area contributed by atoms with Gasteiger partial charge in [0.25, 0.3) is 0 Å². The largest absolute Gasteiger partial charge is 0.454 e. The molecule has 0 saturated carbocycles. The van der Waals surface area contributed by atoms with Crippen LogP contribution in [0.25, 0.3) is 0 Å². The van der Waals surface area contributed by atoms with Crippen molar-refractivity contribution in [3.63, 3.8) is 0 Å². The highest BCUT2D eigenvalue weighted by Crippen LogP contribution is 2.36. The second-order valence-electron chi connectivity index (χ2n) is 6.03. The van der Waals surface area contributed by atoms with E-state index in [0.717, 1.165) is 15.5 Å². The minimum atomic E-state index is -3.49. The van der Waals surface area contributed by atoms with Gasteiger partial charge in [-0.05, 0) is 65.4 Å². The highest BCUT2D eigenvalue weighted by Gasteiger charge is 2.21. The number of hydrogen-bond donors (Lipinski definition) is 1. The summed E-state index contributed by atoms with van der Waals surface area (Å²) in [5, 5.41) is 2.81. The number of hydrogen-bond acceptors (Lipinski definition) is 5. The molecule has 9 heteroatoms. The standard InChI is InChI=1S/C18H19IN2O5S/c1-27(23,24)21(15-8-9-16-17(11-15)26-12-25-16)10-2-3-18(22)20-14-6-4-13(19)5-7-14/h4-9,11H,2-3,10,12H2,1H3,(H,20,22). The summed E-state index contributed by atoms with van der Waals surface area (Å²) in [6, 6.07) is 12.4. The lowest BCUT2D eigenvalue weighted by atomic mass is 10.2. The molecule has 2 aromatic carbocycles. The van der Waals surface area contributed by atoms with E-state index in [1.807, 2.05) is 24.3 Å². The van der Waals surface area contributed by atoms with E-state index in [-0.39, 0.29) is 25.7 Å². The normalized spacial score (nSPS) is 12.7. The number of fused-ring (bicyclic) bond motifs is 1. The average Bonchev–Trinajstić information content (AvgIpc) is 3.07. The predicted molar refractivity (Wildman–Crippen MR) is 112 cm³/mol. The highest BCUT2D eigenvalue weighted by molar-refractivity contribution is 14.1. The van der Waals surface area contributed by atoms with Crippen LogP contribution >= 0.6 is 22.6 Å². The molecule has 3 rings (SSSR count). The molecular formula is C18H19IN2O5S. The van der Waals surface area contributed by atoms with Gasteiger partial charge in [-0.25, -0.2) is 8.42 Å². The van der Waals surface area contributed by atoms with Crippen molar-refractivity contribution in [1.82, 2.24) is 0 Å². The van der Waals surface area contributed by atoms with Crippen LogP contribution in [-0.2, 0) is 14.8 Å². The summed E-state index contributed by atoms with van der Waals surface area (Å²) in [4.78, 5) is 12.1. The Kier molecular flexibility index (Phi) is 6.10. The van der Waals surface area contributed by atoms with Gasteiger partial charge in [0.05, 0.1) is 11.9 Å². The van der Waals surface area contributed by atoms with Crippen LogP contribution in [-0.4, -0.2) is 33.9 Å². The number of anilines is 2. The zero-order chi connectivity index (χ0) is 19.4. The van der Waals surface area contributed by atoms with Crippen molar-refractivity contribution in [2.45, 2.75) is 12.8 Å². The van der Waals surface area contributed by atoms with Crippen molar-refractivity contribution < 1.29 is 22.7 Å². The fourth-order valence-electron chi connectivity index (χ4n) is 2.67. The Balaban J connectivity index is 1.60. The lowest BCUT2D eigenvalue weighted by molar-refractivity contribution is -0.116. The van der Waals surface area contributed by atoms with Gasteiger partial charge in [-0.2, -0.15) is 0 Å². The van der Waals surface area contributed by atoms with E-state index in [9.17, 15) is 13.2 Å². The van der Waals surface area contributed by atoms with Crippen LogP contribution in [0.4, 0.5) is 11.4 Å². The minimum absolute atomic E-state index is 0.121. The summed E-state index contributed by atoms with van der Waals surface area (Å²) in [7, 11) is -3.49. The molecule has 0 radical (unpaired) electrons. The number of sulfonamides is 1. The summed E-state index contributed by atoms with van der Waals surface area (Å²) in [5.74, 6) is 0.942. The maximum atomic E-state index is 12.2. The first-order chi connectivity index (χ1) is 12.8. The smallest absolute Gasteiger partial charge is 0.232 e. The first-order valence-corrected chi connectivity index (χ1v) is 11.2. The van der Waals surface area contributed by atoms with E-state index in [1.165, 1.54) is 4.31 Å². The lowest BCUT2D eigenvalue weighted by Crippen LogP contribution is -2.31. The summed E-state index contributed by atoms with van der Waals surface area (Å²) < 4.78 is 37.3. The predicted octanol–water partition coefficient (Wildman–Crippen LogP) is 3.20. The number of halogens is 1. The number of carbonyl (C=O) groups is 1. The number of rotatable bonds is 7. The maximum absolute atomic E-state index is 12.2. The molecule has 144 valence electrons. The van der Waals surface area contributed by atoms with Crippen LogP contribution < -0.4 is 19.1 Å². The Morgan fingerprint density at radius 1 is 1.15 bits per heavy atom. The molecule has 0 spiro atoms. The van der Waals surface area contributed by atoms with Crippen molar-refractivity contribution in [2.24, 2.45) is 0 Å². The molecule has 0 bridgehead atoms. The lowest BCUT2D eigenvalue weighted by Gasteiger charge is -2.22. The second-order valence-corrected chi connectivity index (χ2v) is 9.18. The minimum Gasteiger partial charge on any atom is -0.454 e. The maximum Gasteiger partial charge on any atom is 0.232 e. The molecule has 27 heavy (non-hydrogen) atoms. The summed E-state index contributed by atoms with van der Waals surface area (Å²) >= 11 is 2.19. The van der Waals surface area contributed by atoms with Gasteiger partial charge in [0.15, 0.2) is 11.5 Å². The van der Waals surface area contributed by atoms with Crippen LogP contribution in [0.15, 0.2) is 42.5 Å². The third-order valence-electron chi connectivity index (χ3n) is 3.94. The zero-order valence-corrected chi connectivity index (χ0v) is 17.6. The van der Waals surface area contributed by atoms with Crippen molar-refractivity contribution in [1.29, 1.82) is 0 Å². The van der Waals surface area contributed by atoms with Gasteiger partial charge >= 0.3 is 0 Å². The number of nitrogens with one attached hydrogen (secondary N) is 1. The summed E-state index contributed by atoms with van der Waals surface area (Å²) in [6.07, 6.45) is 1.74. The molecule has 0 aliphatic carbocycles. The monoisotopic (exact) mass is 502 g/mol. The molecule has 1 aliphatic heterocycles. The van der Waals surface area contributed by atoms with E-state index >= 15 is 0 Å². The van der Waals surface area contributed by atoms with Crippen molar-refractivity contribution in [3.05, 3.63) is 46.0 Å². The molecule has 2 aromatic rings. The van der Waals surface area contributed by atoms with Crippen LogP contribution in [0.3, 0.4) is 0 Å². The van der Waals surface area contributed by atoms with Gasteiger partial charge < -0.3 is 14.8 Å². The molecule has 0 atom stereocenters. The van der Waals surface area contributed by atoms with E-state index in [2.05, 4.69) is 27.9 Å². The number of benzene rings is 2. The van der Waals surface area contributed by atoms with Crippen LogP contribution in [0.1, 0.15) is 12.8 Å². The van der Waals surface area contributed by atoms with E-state index < -0.39 is 10.0 Å². The van der Waals surface area contributed by atoms with Crippen LogP contribution in [0.2, 0.25) is 0 Å². The SMILES string of the molecule is CS(=O)(=O)N(CCCC(=O)Nc1ccc(I)cc1)c1ccc2c(c1)OCO2. The molecule has 0 aromatic heterocycles. The quantitative estimate of drug-likeness (QED) is 0.588. The van der Waals surface area contributed by atoms with Gasteiger partial charge in [-0.15, -0.1) is 0 Å². The first kappa shape index (κ1) is 19.7. The molecule has 1 aliphatic rings. The van der Waals surface area contributed by atoms with Crippen LogP contribution in [0, 0.1) is 3.57 Å². The third-order valence-corrected chi connectivity index (χ3v) is 5.85. The Labute approximate surface area is 171 Å². The van der Waals surface area contributed by atoms with Gasteiger partial charge in [0, 0.05) is 28.3 Å². The molecule has 7 nitrogen and oxygen atoms in total. The second kappa shape index (κ2) is 8.34. The fourth-order valence-corrected chi connectivity index (χ4v) is 3.98. The highest BCUT2D eigenvalue weighted by atomic mass is 127. The van der Waals surface area contributed by atoms with E-state index in [0.29, 0.717) is 23.6 Å². The van der Waals surface area contributed by atoms with Crippen molar-refractivity contribution >= 4 is 49.9 Å². The van der Waals surface area contributed by atoms with Gasteiger partial charge in [0.1, 0.15) is 0 Å². The number of nitrogens with zero attached hydrogens (tertiary/aromatic N) is 1. The molecule has 0 unspecified atom stereocenters. The Morgan fingerprint density at radius 3 is 2.56 bits per heavy atom. The fraction of sp³-hybridized carbons (Fsp3) is 0.278. The van der Waals surface area contributed by atoms with Gasteiger partial charge in [0.2, 0.25) is 22.7 Å². The van der Waals surface area contributed by atoms with E-state index in [1.54, 1.807) is 18.2 Å². The van der Waals surface area contributed by atoms with Gasteiger partial charge in [-0.3, -0.25) is 9.10 Å². The number of amides is 1. The number of ether oxygens (including phenoxy) is 2. The first-order valence-electron chi connectivity index (χ1n) is 8.26. The van der Waals surface area contributed by atoms with Crippen LogP contribution in [0.5, 0.6) is 11.5 Å². The molecule has 0 fully saturated rings. The third kappa shape index (κ3) is 5.25. The molecule has 1 amide bonds. The Hall–Kier alpha value is -2.01. The van der Waals surface area contributed by atoms with E-state index in [4.69, 9.17) is 9.47 Å². The van der Waals surface area contributed by atoms with Gasteiger partial charge in [-0.1, -0.05) is 0 Å². The summed E-state index contributed by atoms with van der Waals surface area (Å²) in [6.45, 7) is 0.314. The zero-order valence-electron chi connectivity index (χ0n) is 14.6. The molecule has 0 saturated heterocycles. The molecular weight excluding hydrogens is 483 g/mol. The topological polar surface area (TPSA) is 84.9 Å². The average molecular weight is 502 g/mol. The molecule has 1 N–H and O–H groups in total.